The Morgan fingerprint density at radius 3 is 2.75 bits per heavy atom. The highest BCUT2D eigenvalue weighted by molar-refractivity contribution is 6.01. The van der Waals surface area contributed by atoms with E-state index in [1.165, 1.54) is 0 Å². The van der Waals surface area contributed by atoms with Crippen LogP contribution in [0.1, 0.15) is 5.56 Å². The molecule has 0 fully saturated rings. The summed E-state index contributed by atoms with van der Waals surface area (Å²) in [6.07, 6.45) is 0. The van der Waals surface area contributed by atoms with E-state index in [-0.39, 0.29) is 0 Å². The molecule has 1 aromatic rings. The molecular formula is C11H17N5. The highest BCUT2D eigenvalue weighted by atomic mass is 15.2. The molecule has 0 saturated carbocycles. The van der Waals surface area contributed by atoms with Crippen LogP contribution in [0.3, 0.4) is 0 Å². The zero-order valence-electron chi connectivity index (χ0n) is 9.19. The fourth-order valence-corrected chi connectivity index (χ4v) is 1.84. The summed E-state index contributed by atoms with van der Waals surface area (Å²) < 4.78 is 0. The zero-order valence-corrected chi connectivity index (χ0v) is 9.19. The van der Waals surface area contributed by atoms with Crippen molar-refractivity contribution in [1.29, 1.82) is 0 Å². The Balaban J connectivity index is 2.26. The molecule has 0 saturated heterocycles. The van der Waals surface area contributed by atoms with Gasteiger partial charge in [0.25, 0.3) is 0 Å². The number of aliphatic imine (C=N–C) groups is 1. The summed E-state index contributed by atoms with van der Waals surface area (Å²) in [5, 5.41) is 0. The fraction of sp³-hybridized carbons (Fsp3) is 0.364. The minimum absolute atomic E-state index is 0.597. The lowest BCUT2D eigenvalue weighted by molar-refractivity contribution is 0.468. The van der Waals surface area contributed by atoms with E-state index in [9.17, 15) is 0 Å². The summed E-state index contributed by atoms with van der Waals surface area (Å²) in [5.74, 6) is 0.970. The van der Waals surface area contributed by atoms with E-state index >= 15 is 0 Å². The third kappa shape index (κ3) is 1.94. The van der Waals surface area contributed by atoms with E-state index in [0.717, 1.165) is 31.0 Å². The first-order chi connectivity index (χ1) is 7.72. The van der Waals surface area contributed by atoms with Crippen molar-refractivity contribution in [2.24, 2.45) is 10.7 Å². The Kier molecular flexibility index (Phi) is 2.96. The van der Waals surface area contributed by atoms with Crippen molar-refractivity contribution >= 4 is 17.2 Å². The molecule has 6 N–H and O–H groups in total. The maximum atomic E-state index is 5.78. The maximum absolute atomic E-state index is 5.78. The van der Waals surface area contributed by atoms with Gasteiger partial charge in [0.05, 0.1) is 17.9 Å². The van der Waals surface area contributed by atoms with Gasteiger partial charge in [0.2, 0.25) is 0 Å². The Morgan fingerprint density at radius 1 is 1.25 bits per heavy atom. The minimum atomic E-state index is 0.597. The molecule has 2 rings (SSSR count). The first kappa shape index (κ1) is 10.8. The number of nitrogens with zero attached hydrogens (tertiary/aromatic N) is 2. The maximum Gasteiger partial charge on any atom is 0.131 e. The Morgan fingerprint density at radius 2 is 2.06 bits per heavy atom. The number of anilines is 2. The summed E-state index contributed by atoms with van der Waals surface area (Å²) in [6.45, 7) is 3.20. The molecule has 1 aliphatic heterocycles. The van der Waals surface area contributed by atoms with Crippen LogP contribution in [0, 0.1) is 0 Å². The molecule has 5 nitrogen and oxygen atoms in total. The fourth-order valence-electron chi connectivity index (χ4n) is 1.84. The average Bonchev–Trinajstić information content (AvgIpc) is 2.71. The van der Waals surface area contributed by atoms with Crippen LogP contribution >= 0.6 is 0 Å². The highest BCUT2D eigenvalue weighted by Gasteiger charge is 2.17. The number of nitrogens with two attached hydrogens (primary N) is 3. The topological polar surface area (TPSA) is 93.7 Å². The number of amidine groups is 1. The summed E-state index contributed by atoms with van der Waals surface area (Å²) in [5.41, 5.74) is 19.2. The first-order valence-corrected chi connectivity index (χ1v) is 5.37. The van der Waals surface area contributed by atoms with Gasteiger partial charge in [0.1, 0.15) is 5.84 Å². The number of benzene rings is 1. The summed E-state index contributed by atoms with van der Waals surface area (Å²) >= 11 is 0. The molecule has 86 valence electrons. The molecule has 0 bridgehead atoms. The van der Waals surface area contributed by atoms with Crippen LogP contribution in [0.15, 0.2) is 23.2 Å². The molecule has 0 spiro atoms. The van der Waals surface area contributed by atoms with Crippen molar-refractivity contribution in [3.8, 4) is 0 Å². The second-order valence-electron chi connectivity index (χ2n) is 3.82. The lowest BCUT2D eigenvalue weighted by Gasteiger charge is -2.19. The van der Waals surface area contributed by atoms with Crippen LogP contribution in [0.5, 0.6) is 0 Å². The van der Waals surface area contributed by atoms with Gasteiger partial charge in [-0.25, -0.2) is 0 Å². The van der Waals surface area contributed by atoms with Gasteiger partial charge in [0.15, 0.2) is 0 Å². The lowest BCUT2D eigenvalue weighted by atomic mass is 10.1. The first-order valence-electron chi connectivity index (χ1n) is 5.37. The van der Waals surface area contributed by atoms with Gasteiger partial charge in [-0.1, -0.05) is 0 Å². The number of rotatable bonds is 3. The quantitative estimate of drug-likeness (QED) is 0.617. The number of hydrogen-bond donors (Lipinski definition) is 3. The smallest absolute Gasteiger partial charge is 0.131 e. The third-order valence-electron chi connectivity index (χ3n) is 2.68. The molecule has 0 aromatic heterocycles. The van der Waals surface area contributed by atoms with Crippen molar-refractivity contribution in [2.75, 3.05) is 37.6 Å². The van der Waals surface area contributed by atoms with Crippen molar-refractivity contribution in [2.45, 2.75) is 0 Å². The van der Waals surface area contributed by atoms with Gasteiger partial charge in [-0.3, -0.25) is 4.99 Å². The SMILES string of the molecule is NCCN1CCN=C1c1ccc(N)c(N)c1. The summed E-state index contributed by atoms with van der Waals surface area (Å²) in [4.78, 5) is 6.64. The molecule has 1 heterocycles. The molecule has 16 heavy (non-hydrogen) atoms. The van der Waals surface area contributed by atoms with Crippen molar-refractivity contribution in [3.05, 3.63) is 23.8 Å². The zero-order chi connectivity index (χ0) is 11.5. The highest BCUT2D eigenvalue weighted by Crippen LogP contribution is 2.19. The summed E-state index contributed by atoms with van der Waals surface area (Å²) in [7, 11) is 0. The predicted octanol–water partition coefficient (Wildman–Crippen LogP) is -0.128. The average molecular weight is 219 g/mol. The Hall–Kier alpha value is -1.75. The van der Waals surface area contributed by atoms with Crippen LogP contribution in [-0.4, -0.2) is 36.9 Å². The van der Waals surface area contributed by atoms with Gasteiger partial charge in [0, 0.05) is 25.2 Å². The molecule has 1 aromatic carbocycles. The van der Waals surface area contributed by atoms with Crippen LogP contribution in [-0.2, 0) is 0 Å². The second-order valence-corrected chi connectivity index (χ2v) is 3.82. The summed E-state index contributed by atoms with van der Waals surface area (Å²) in [6, 6.07) is 5.62. The van der Waals surface area contributed by atoms with E-state index in [0.29, 0.717) is 17.9 Å². The standard InChI is InChI=1S/C11H17N5/c12-3-5-16-6-4-15-11(16)8-1-2-9(13)10(14)7-8/h1-2,7H,3-6,12-14H2. The minimum Gasteiger partial charge on any atom is -0.397 e. The van der Waals surface area contributed by atoms with Gasteiger partial charge in [-0.2, -0.15) is 0 Å². The van der Waals surface area contributed by atoms with Gasteiger partial charge < -0.3 is 22.1 Å². The Bertz CT molecular complexity index is 413. The second kappa shape index (κ2) is 4.40. The lowest BCUT2D eigenvalue weighted by Crippen LogP contribution is -2.33. The van der Waals surface area contributed by atoms with Gasteiger partial charge in [-0.15, -0.1) is 0 Å². The normalized spacial score (nSPS) is 15.3. The van der Waals surface area contributed by atoms with Crippen LogP contribution in [0.25, 0.3) is 0 Å². The molecule has 0 amide bonds. The van der Waals surface area contributed by atoms with E-state index < -0.39 is 0 Å². The molecule has 0 unspecified atom stereocenters. The van der Waals surface area contributed by atoms with Crippen molar-refractivity contribution < 1.29 is 0 Å². The predicted molar refractivity (Wildman–Crippen MR) is 67.3 cm³/mol. The van der Waals surface area contributed by atoms with Crippen LogP contribution in [0.2, 0.25) is 0 Å². The van der Waals surface area contributed by atoms with Gasteiger partial charge >= 0.3 is 0 Å². The van der Waals surface area contributed by atoms with Crippen LogP contribution < -0.4 is 17.2 Å². The van der Waals surface area contributed by atoms with E-state index in [1.807, 2.05) is 18.2 Å². The van der Waals surface area contributed by atoms with E-state index in [1.54, 1.807) is 0 Å². The third-order valence-corrected chi connectivity index (χ3v) is 2.68. The van der Waals surface area contributed by atoms with Crippen molar-refractivity contribution in [1.82, 2.24) is 4.90 Å². The number of nitrogen functional groups attached to an aromatic ring is 2. The molecule has 1 aliphatic rings. The van der Waals surface area contributed by atoms with Gasteiger partial charge in [-0.05, 0) is 18.2 Å². The molecular weight excluding hydrogens is 202 g/mol. The molecule has 0 atom stereocenters. The molecule has 5 heteroatoms. The van der Waals surface area contributed by atoms with Crippen molar-refractivity contribution in [3.63, 3.8) is 0 Å². The number of hydrogen-bond acceptors (Lipinski definition) is 5. The Labute approximate surface area is 94.9 Å². The monoisotopic (exact) mass is 219 g/mol. The molecule has 0 radical (unpaired) electrons. The van der Waals surface area contributed by atoms with E-state index in [4.69, 9.17) is 17.2 Å². The van der Waals surface area contributed by atoms with E-state index in [2.05, 4.69) is 9.89 Å². The largest absolute Gasteiger partial charge is 0.397 e. The molecule has 0 aliphatic carbocycles. The van der Waals surface area contributed by atoms with Crippen LogP contribution in [0.4, 0.5) is 11.4 Å².